The Morgan fingerprint density at radius 1 is 0.828 bits per heavy atom. The maximum Gasteiger partial charge on any atom is 0.249 e. The van der Waals surface area contributed by atoms with Gasteiger partial charge in [-0.25, -0.2) is 0 Å². The minimum atomic E-state index is -0.127. The average molecular weight is 794 g/mol. The van der Waals surface area contributed by atoms with Gasteiger partial charge < -0.3 is 4.90 Å². The fraction of sp³-hybridized carbons (Fsp3) is 0.528. The third kappa shape index (κ3) is 16.6. The molecule has 1 amide bonds. The highest BCUT2D eigenvalue weighted by molar-refractivity contribution is 5.98. The molecule has 0 unspecified atom stereocenters. The number of likely N-dealkylation sites (tertiary alicyclic amines) is 1. The third-order valence-electron chi connectivity index (χ3n) is 10.6. The first-order valence-corrected chi connectivity index (χ1v) is 22.5. The molecule has 2 aliphatic heterocycles. The molecule has 0 aromatic heterocycles. The van der Waals surface area contributed by atoms with Crippen LogP contribution in [0.5, 0.6) is 0 Å². The Morgan fingerprint density at radius 3 is 1.90 bits per heavy atom. The van der Waals surface area contributed by atoms with E-state index in [0.29, 0.717) is 19.5 Å². The van der Waals surface area contributed by atoms with Crippen LogP contribution in [0.4, 0.5) is 0 Å². The highest BCUT2D eigenvalue weighted by atomic mass is 16.2. The Kier molecular flexibility index (Phi) is 27.9. The molecule has 5 heteroatoms. The van der Waals surface area contributed by atoms with Crippen molar-refractivity contribution in [3.63, 3.8) is 0 Å². The second-order valence-electron chi connectivity index (χ2n) is 14.8. The van der Waals surface area contributed by atoms with Crippen LogP contribution in [0, 0.1) is 31.7 Å². The molecule has 2 aliphatic rings. The van der Waals surface area contributed by atoms with Crippen molar-refractivity contribution in [3.8, 4) is 0 Å². The van der Waals surface area contributed by atoms with E-state index in [1.54, 1.807) is 13.1 Å². The summed E-state index contributed by atoms with van der Waals surface area (Å²) in [5, 5.41) is 0. The van der Waals surface area contributed by atoms with Crippen molar-refractivity contribution in [2.24, 2.45) is 16.8 Å². The van der Waals surface area contributed by atoms with E-state index in [9.17, 15) is 14.4 Å². The number of amides is 1. The van der Waals surface area contributed by atoms with Crippen molar-refractivity contribution in [1.29, 1.82) is 0 Å². The van der Waals surface area contributed by atoms with Gasteiger partial charge in [-0.3, -0.25) is 19.4 Å². The SMILES string of the molecule is C/C=C(\C(C)=C(\C)C(C)=O)c1cc(C)c(CCCCC)c(C)c1.CC.CC.CC.CCCCC(=O)[C@@H]1CN(C(=O)/C(=C/[C]2C=CC=N2)C(C)C)C[C@H]1c1ccccc1. The largest absolute Gasteiger partial charge is 0.338 e. The van der Waals surface area contributed by atoms with Crippen LogP contribution in [-0.4, -0.2) is 41.7 Å². The summed E-state index contributed by atoms with van der Waals surface area (Å²) in [6.45, 7) is 33.6. The van der Waals surface area contributed by atoms with Gasteiger partial charge in [0.15, 0.2) is 5.78 Å². The topological polar surface area (TPSA) is 66.8 Å². The molecule has 0 bridgehead atoms. The zero-order valence-electron chi connectivity index (χ0n) is 39.6. The first kappa shape index (κ1) is 53.9. The Hall–Kier alpha value is -4.12. The number of ketones is 2. The van der Waals surface area contributed by atoms with Gasteiger partial charge >= 0.3 is 0 Å². The van der Waals surface area contributed by atoms with Gasteiger partial charge in [-0.15, -0.1) is 0 Å². The van der Waals surface area contributed by atoms with Gasteiger partial charge in [0.25, 0.3) is 0 Å². The minimum Gasteiger partial charge on any atom is -0.338 e. The van der Waals surface area contributed by atoms with E-state index < -0.39 is 0 Å². The second-order valence-corrected chi connectivity index (χ2v) is 14.8. The van der Waals surface area contributed by atoms with Crippen molar-refractivity contribution >= 4 is 29.3 Å². The van der Waals surface area contributed by atoms with Crippen molar-refractivity contribution in [2.45, 2.75) is 162 Å². The summed E-state index contributed by atoms with van der Waals surface area (Å²) >= 11 is 0. The number of aryl methyl sites for hydroxylation is 2. The number of Topliss-reactive ketones (excluding diaryl/α,β-unsaturated/α-hetero) is 2. The van der Waals surface area contributed by atoms with Crippen molar-refractivity contribution in [1.82, 2.24) is 4.90 Å². The van der Waals surface area contributed by atoms with Gasteiger partial charge in [-0.2, -0.15) is 0 Å². The molecule has 4 rings (SSSR count). The fourth-order valence-corrected chi connectivity index (χ4v) is 7.25. The van der Waals surface area contributed by atoms with Crippen LogP contribution in [0.2, 0.25) is 0 Å². The Bertz CT molecular complexity index is 1650. The lowest BCUT2D eigenvalue weighted by Crippen LogP contribution is -2.32. The molecule has 58 heavy (non-hydrogen) atoms. The molecule has 2 aromatic carbocycles. The molecule has 1 radical (unpaired) electrons. The summed E-state index contributed by atoms with van der Waals surface area (Å²) in [6, 6.07) is 15.5. The first-order valence-electron chi connectivity index (χ1n) is 22.5. The predicted octanol–water partition coefficient (Wildman–Crippen LogP) is 14.2. The molecule has 5 nitrogen and oxygen atoms in total. The van der Waals surface area contributed by atoms with Crippen LogP contribution in [-0.2, 0) is 20.8 Å². The first-order chi connectivity index (χ1) is 27.8. The lowest BCUT2D eigenvalue weighted by Gasteiger charge is -2.21. The van der Waals surface area contributed by atoms with E-state index in [1.807, 2.05) is 117 Å². The highest BCUT2D eigenvalue weighted by Crippen LogP contribution is 2.36. The molecule has 2 atom stereocenters. The van der Waals surface area contributed by atoms with Gasteiger partial charge in [0, 0.05) is 43.1 Å². The lowest BCUT2D eigenvalue weighted by atomic mass is 9.85. The number of aliphatic imine (C=N–C) groups is 1. The molecule has 321 valence electrons. The molecule has 1 saturated heterocycles. The van der Waals surface area contributed by atoms with E-state index in [0.717, 1.165) is 47.6 Å². The van der Waals surface area contributed by atoms with E-state index in [2.05, 4.69) is 63.0 Å². The number of nitrogens with zero attached hydrogens (tertiary/aromatic N) is 2. The Balaban J connectivity index is 0.00000101. The number of rotatable bonds is 15. The predicted molar refractivity (Wildman–Crippen MR) is 253 cm³/mol. The van der Waals surface area contributed by atoms with Crippen molar-refractivity contribution in [2.75, 3.05) is 13.1 Å². The van der Waals surface area contributed by atoms with E-state index in [1.165, 1.54) is 47.1 Å². The average Bonchev–Trinajstić information content (AvgIpc) is 3.94. The van der Waals surface area contributed by atoms with Crippen LogP contribution >= 0.6 is 0 Å². The normalized spacial score (nSPS) is 16.5. The van der Waals surface area contributed by atoms with Gasteiger partial charge in [-0.05, 0) is 129 Å². The van der Waals surface area contributed by atoms with Crippen LogP contribution < -0.4 is 0 Å². The summed E-state index contributed by atoms with van der Waals surface area (Å²) in [7, 11) is 0. The number of hydrogen-bond acceptors (Lipinski definition) is 4. The van der Waals surface area contributed by atoms with Gasteiger partial charge in [0.1, 0.15) is 11.8 Å². The van der Waals surface area contributed by atoms with E-state index in [4.69, 9.17) is 0 Å². The number of hydrogen-bond donors (Lipinski definition) is 0. The zero-order valence-corrected chi connectivity index (χ0v) is 39.6. The quantitative estimate of drug-likeness (QED) is 0.102. The molecular weight excluding hydrogens is 713 g/mol. The van der Waals surface area contributed by atoms with Crippen molar-refractivity contribution < 1.29 is 14.4 Å². The van der Waals surface area contributed by atoms with Crippen LogP contribution in [0.15, 0.2) is 88.5 Å². The number of allylic oxidation sites excluding steroid dienone is 5. The minimum absolute atomic E-state index is 0.0229. The smallest absolute Gasteiger partial charge is 0.249 e. The Labute approximate surface area is 356 Å². The number of benzene rings is 2. The third-order valence-corrected chi connectivity index (χ3v) is 10.6. The number of unbranched alkanes of at least 4 members (excludes halogenated alkanes) is 3. The molecule has 1 fully saturated rings. The van der Waals surface area contributed by atoms with Gasteiger partial charge in [-0.1, -0.05) is 137 Å². The molecule has 2 aromatic rings. The highest BCUT2D eigenvalue weighted by Gasteiger charge is 2.40. The molecule has 0 aliphatic carbocycles. The summed E-state index contributed by atoms with van der Waals surface area (Å²) in [4.78, 5) is 44.2. The van der Waals surface area contributed by atoms with Gasteiger partial charge in [0.2, 0.25) is 5.91 Å². The lowest BCUT2D eigenvalue weighted by molar-refractivity contribution is -0.127. The van der Waals surface area contributed by atoms with Crippen LogP contribution in [0.3, 0.4) is 0 Å². The summed E-state index contributed by atoms with van der Waals surface area (Å²) in [5.74, 6) is 0.475. The molecule has 2 heterocycles. The van der Waals surface area contributed by atoms with Crippen LogP contribution in [0.25, 0.3) is 5.57 Å². The number of carbonyl (C=O) groups is 3. The standard InChI is InChI=1S/C25H31N2O2.C22H32O.3C2H6/c1-4-5-13-24(28)23-17-27(16-22(23)19-10-7-6-8-11-19)25(29)21(18(2)3)15-20-12-9-14-26-20;1-8-10-11-12-22-15(3)13-20(14-16(22)4)21(9-2)18(6)17(5)19(7)23;3*1-2/h6-12,14-15,18,22-23H,4-5,13,16-17H2,1-3H3;9,13-14H,8,10-12H2,1-7H3;3*1-2H3/b21-15+;18-17-,21-9+;;;/t22-,23+;;;;/m0..../s1. The number of carbonyl (C=O) groups excluding carboxylic acids is 3. The molecule has 0 saturated carbocycles. The molecule has 0 spiro atoms. The summed E-state index contributed by atoms with van der Waals surface area (Å²) < 4.78 is 0. The maximum atomic E-state index is 13.4. The van der Waals surface area contributed by atoms with Crippen molar-refractivity contribution in [3.05, 3.63) is 117 Å². The summed E-state index contributed by atoms with van der Waals surface area (Å²) in [5.41, 5.74) is 10.4. The maximum absolute atomic E-state index is 13.4. The van der Waals surface area contributed by atoms with E-state index >= 15 is 0 Å². The van der Waals surface area contributed by atoms with E-state index in [-0.39, 0.29) is 35.2 Å². The fourth-order valence-electron chi connectivity index (χ4n) is 7.25. The zero-order chi connectivity index (χ0) is 44.4. The Morgan fingerprint density at radius 2 is 1.41 bits per heavy atom. The molecular formula is C53H81N2O3. The second kappa shape index (κ2) is 30.0. The van der Waals surface area contributed by atoms with Gasteiger partial charge in [0.05, 0.1) is 0 Å². The summed E-state index contributed by atoms with van der Waals surface area (Å²) in [6.07, 6.45) is 17.0. The molecule has 0 N–H and O–H groups in total. The monoisotopic (exact) mass is 794 g/mol. The van der Waals surface area contributed by atoms with Crippen LogP contribution in [0.1, 0.15) is 169 Å².